The van der Waals surface area contributed by atoms with Crippen LogP contribution in [0.2, 0.25) is 0 Å². The number of aliphatic carboxylic acids is 1. The van der Waals surface area contributed by atoms with Gasteiger partial charge in [-0.1, -0.05) is 61.6 Å². The molecule has 6 aliphatic rings. The number of aliphatic hydroxyl groups excluding tert-OH is 3. The van der Waals surface area contributed by atoms with E-state index in [1.807, 2.05) is 59.0 Å². The monoisotopic (exact) mass is 1310 g/mol. The minimum absolute atomic E-state index is 0.00899. The van der Waals surface area contributed by atoms with Gasteiger partial charge < -0.3 is 75.1 Å². The number of carboxylic acid groups (broad SMARTS) is 2. The molecular weight excluding hydrogens is 1230 g/mol. The van der Waals surface area contributed by atoms with Gasteiger partial charge in [-0.2, -0.15) is 5.10 Å². The molecule has 0 radical (unpaired) electrons. The van der Waals surface area contributed by atoms with Crippen molar-refractivity contribution in [2.45, 2.75) is 128 Å². The predicted octanol–water partition coefficient (Wildman–Crippen LogP) is 6.79. The van der Waals surface area contributed by atoms with E-state index in [-0.39, 0.29) is 85.0 Å². The molecular formula is C64H76N9O17PS. The van der Waals surface area contributed by atoms with Crippen LogP contribution in [0.15, 0.2) is 85.1 Å². The second-order valence-corrected chi connectivity index (χ2v) is 28.7. The number of rotatable bonds is 24. The molecule has 4 saturated carbocycles. The van der Waals surface area contributed by atoms with Gasteiger partial charge in [-0.05, 0) is 140 Å². The topological polar surface area (TPSA) is 381 Å². The number of carboxylic acids is 2. The molecule has 1 saturated heterocycles. The Balaban J connectivity index is 0.748. The summed E-state index contributed by atoms with van der Waals surface area (Å²) in [4.78, 5) is 97.3. The fourth-order valence-corrected chi connectivity index (χ4v) is 16.8. The average Bonchev–Trinajstić information content (AvgIpc) is 0.714. The number of anilines is 3. The van der Waals surface area contributed by atoms with Gasteiger partial charge in [0.1, 0.15) is 36.5 Å². The zero-order valence-electron chi connectivity index (χ0n) is 51.1. The number of hydrogen-bond acceptors (Lipinski definition) is 19. The van der Waals surface area contributed by atoms with Crippen molar-refractivity contribution in [2.75, 3.05) is 61.1 Å². The lowest BCUT2D eigenvalue weighted by Gasteiger charge is -2.69. The smallest absolute Gasteiger partial charge is 0.410 e. The molecule has 5 heterocycles. The summed E-state index contributed by atoms with van der Waals surface area (Å²) >= 11 is 1.40. The predicted molar refractivity (Wildman–Crippen MR) is 338 cm³/mol. The first kappa shape index (κ1) is 65.8. The van der Waals surface area contributed by atoms with Gasteiger partial charge in [-0.25, -0.2) is 24.4 Å². The van der Waals surface area contributed by atoms with E-state index in [2.05, 4.69) is 29.5 Å². The van der Waals surface area contributed by atoms with Gasteiger partial charge >= 0.3 is 25.6 Å². The van der Waals surface area contributed by atoms with E-state index in [4.69, 9.17) is 34.8 Å². The van der Waals surface area contributed by atoms with Crippen molar-refractivity contribution in [3.05, 3.63) is 119 Å². The zero-order chi connectivity index (χ0) is 65.5. The number of nitrogens with zero attached hydrogens (tertiary/aromatic N) is 6. The summed E-state index contributed by atoms with van der Waals surface area (Å²) in [7, 11) is -4.41. The fourth-order valence-electron chi connectivity index (χ4n) is 15.4. The van der Waals surface area contributed by atoms with Crippen LogP contribution in [0.3, 0.4) is 0 Å². The lowest BCUT2D eigenvalue weighted by atomic mass is 9.39. The largest absolute Gasteiger partial charge is 0.479 e. The first-order chi connectivity index (χ1) is 43.7. The molecule has 3 amide bonds. The molecule has 2 aliphatic heterocycles. The summed E-state index contributed by atoms with van der Waals surface area (Å²) in [5.74, 6) is -3.21. The number of carbonyl (C=O) groups excluding carboxylic acids is 3. The van der Waals surface area contributed by atoms with E-state index in [1.54, 1.807) is 24.4 Å². The van der Waals surface area contributed by atoms with Crippen molar-refractivity contribution in [1.29, 1.82) is 0 Å². The Hall–Kier alpha value is -7.69. The minimum Gasteiger partial charge on any atom is -0.479 e. The van der Waals surface area contributed by atoms with E-state index in [0.29, 0.717) is 65.7 Å². The number of thiazole rings is 1. The highest BCUT2D eigenvalue weighted by Crippen LogP contribution is 2.72. The number of para-hydroxylation sites is 1. The van der Waals surface area contributed by atoms with E-state index in [1.165, 1.54) is 40.5 Å². The number of carbonyl (C=O) groups is 5. The second-order valence-electron chi connectivity index (χ2n) is 25.8. The van der Waals surface area contributed by atoms with Crippen LogP contribution in [0.4, 0.5) is 21.4 Å². The first-order valence-corrected chi connectivity index (χ1v) is 33.1. The summed E-state index contributed by atoms with van der Waals surface area (Å²) in [6.07, 6.45) is -0.252. The molecule has 11 N–H and O–H groups in total. The lowest BCUT2D eigenvalue weighted by Crippen LogP contribution is -2.64. The van der Waals surface area contributed by atoms with Crippen LogP contribution < -0.4 is 26.0 Å². The number of hydrogen-bond donors (Lipinski definition) is 10. The fraction of sp³-hybridized carbons (Fsp3) is 0.469. The van der Waals surface area contributed by atoms with Crippen LogP contribution in [0.25, 0.3) is 27.4 Å². The Labute approximate surface area is 533 Å². The summed E-state index contributed by atoms with van der Waals surface area (Å²) in [6.45, 7) is 7.88. The molecule has 3 aromatic carbocycles. The van der Waals surface area contributed by atoms with Crippen LogP contribution in [0.1, 0.15) is 108 Å². The molecule has 6 aromatic rings. The SMILES string of the molecule is Cc1c(-c2ccc(N3CCc4cccc(C(=O)Nc5nc6ccccc6s5)c4C3)nc2C(=O)O)cnn1CC12CC3(C)CC(C)(C1)CC(OCCN(CCCP(=O)(O)O)C(=O)OCC=Cc1ccc(O[C@@H]4O[C@H](C(=O)O)[C@@H](O)[C@H](O)[C@H]4O)c(NC(=O)CCN)c1)(C3)C2. The molecule has 28 heteroatoms. The maximum Gasteiger partial charge on any atom is 0.410 e. The number of aromatic carboxylic acids is 1. The standard InChI is InChI=1S/C64H76N9O17PS/c1-37-42(40-15-17-48(69-50(40)56(79)80)72-22-19-39-10-6-11-41(43(39)29-72)55(78)70-59-68-44-12-4-5-13-47(44)92-59)28-66-73(37)36-63-31-61(2)30-62(3,32-63)34-64(33-61,35-63)88-25-23-71(21-8-26-91(84,85)86)60(83)87-24-7-9-38-14-16-46(45(27-38)67-49(74)18-20-65)89-58-53(77)51(75)52(76)54(90-58)57(81)82/h4-7,9-17,27-28,51-54,58,75-77H,8,18-26,29-36,65H2,1-3H3,(H,67,74)(H,79,80)(H,81,82)(H,68,70,78)(H2,84,85,86)/t51-,52-,53+,54-,58+,61?,62?,63?,64?/m0/s1. The van der Waals surface area contributed by atoms with Crippen molar-refractivity contribution < 1.29 is 82.8 Å². The van der Waals surface area contributed by atoms with Gasteiger partial charge in [-0.3, -0.25) is 24.2 Å². The molecule has 26 nitrogen and oxygen atoms in total. The number of amides is 3. The maximum absolute atomic E-state index is 13.8. The molecule has 92 heavy (non-hydrogen) atoms. The van der Waals surface area contributed by atoms with Crippen molar-refractivity contribution in [3.8, 4) is 16.9 Å². The Morgan fingerprint density at radius 2 is 1.66 bits per heavy atom. The van der Waals surface area contributed by atoms with Crippen LogP contribution in [0.5, 0.6) is 5.75 Å². The highest BCUT2D eigenvalue weighted by Gasteiger charge is 2.66. The van der Waals surface area contributed by atoms with Gasteiger partial charge in [0.2, 0.25) is 12.2 Å². The van der Waals surface area contributed by atoms with Crippen LogP contribution in [-0.2, 0) is 47.9 Å². The summed E-state index contributed by atoms with van der Waals surface area (Å²) in [6, 6.07) is 21.4. The highest BCUT2D eigenvalue weighted by molar-refractivity contribution is 7.51. The third-order valence-corrected chi connectivity index (χ3v) is 20.0. The van der Waals surface area contributed by atoms with Crippen molar-refractivity contribution >= 4 is 81.7 Å². The van der Waals surface area contributed by atoms with Crippen LogP contribution in [0, 0.1) is 23.2 Å². The number of nitrogens with two attached hydrogens (primary N) is 1. The number of nitrogens with one attached hydrogen (secondary N) is 2. The Morgan fingerprint density at radius 1 is 0.891 bits per heavy atom. The molecule has 4 aliphatic carbocycles. The molecule has 490 valence electrons. The Kier molecular flexibility index (Phi) is 18.9. The quantitative estimate of drug-likeness (QED) is 0.0279. The maximum atomic E-state index is 13.8. The van der Waals surface area contributed by atoms with Gasteiger partial charge in [0, 0.05) is 68.1 Å². The third kappa shape index (κ3) is 14.4. The van der Waals surface area contributed by atoms with Crippen LogP contribution >= 0.6 is 18.9 Å². The van der Waals surface area contributed by atoms with E-state index in [0.717, 1.165) is 59.1 Å². The van der Waals surface area contributed by atoms with Gasteiger partial charge in [0.25, 0.3) is 5.91 Å². The number of aromatic nitrogens is 4. The number of benzene rings is 3. The molecule has 12 rings (SSSR count). The zero-order valence-corrected chi connectivity index (χ0v) is 52.8. The van der Waals surface area contributed by atoms with Gasteiger partial charge in [0.05, 0.1) is 40.5 Å². The Bertz CT molecular complexity index is 3840. The average molecular weight is 1310 g/mol. The van der Waals surface area contributed by atoms with Crippen molar-refractivity contribution in [1.82, 2.24) is 24.6 Å². The molecule has 2 unspecified atom stereocenters. The summed E-state index contributed by atoms with van der Waals surface area (Å²) in [5, 5.41) is 62.3. The number of fused-ring (bicyclic) bond motifs is 2. The van der Waals surface area contributed by atoms with Crippen molar-refractivity contribution in [3.63, 3.8) is 0 Å². The second kappa shape index (κ2) is 26.4. The first-order valence-electron chi connectivity index (χ1n) is 30.5. The molecule has 7 atom stereocenters. The van der Waals surface area contributed by atoms with Gasteiger partial charge in [0.15, 0.2) is 16.9 Å². The number of ether oxygens (including phenoxy) is 4. The third-order valence-electron chi connectivity index (χ3n) is 18.2. The minimum atomic E-state index is -4.41. The van der Waals surface area contributed by atoms with Crippen molar-refractivity contribution in [2.24, 2.45) is 22.0 Å². The molecule has 0 spiro atoms. The van der Waals surface area contributed by atoms with E-state index in [9.17, 15) is 63.9 Å². The molecule has 3 aromatic heterocycles. The number of aliphatic hydroxyl groups is 3. The summed E-state index contributed by atoms with van der Waals surface area (Å²) < 4.78 is 38.5. The Morgan fingerprint density at radius 3 is 2.39 bits per heavy atom. The van der Waals surface area contributed by atoms with Crippen LogP contribution in [-0.4, -0.2) is 172 Å². The molecule has 4 bridgehead atoms. The van der Waals surface area contributed by atoms with Gasteiger partial charge in [-0.15, -0.1) is 0 Å². The number of pyridine rings is 1. The lowest BCUT2D eigenvalue weighted by molar-refractivity contribution is -0.271. The summed E-state index contributed by atoms with van der Waals surface area (Å²) in [5.41, 5.74) is 10.00. The normalized spacial score (nSPS) is 25.8. The van der Waals surface area contributed by atoms with E-state index >= 15 is 0 Å². The highest BCUT2D eigenvalue weighted by atomic mass is 32.1. The van der Waals surface area contributed by atoms with E-state index < -0.39 is 74.0 Å². The molecule has 5 fully saturated rings.